The molecule has 4 rings (SSSR count). The molecule has 1 amide bonds. The summed E-state index contributed by atoms with van der Waals surface area (Å²) in [5, 5.41) is 14.2. The third-order valence-corrected chi connectivity index (χ3v) is 5.66. The molecule has 1 aromatic heterocycles. The van der Waals surface area contributed by atoms with Crippen LogP contribution < -0.4 is 5.43 Å². The molecule has 2 N–H and O–H groups in total. The second kappa shape index (κ2) is 9.49. The summed E-state index contributed by atoms with van der Waals surface area (Å²) in [6, 6.07) is 23.0. The predicted molar refractivity (Wildman–Crippen MR) is 125 cm³/mol. The number of fused-ring (bicyclic) bond motifs is 1. The SMILES string of the molecule is Cc1ccc(Cn2c(SCC(=O)NN=Cc3cccc(O)c3)nc3ccccc32)cc1. The number of carbonyl (C=O) groups is 1. The quantitative estimate of drug-likeness (QED) is 0.260. The molecule has 0 unspecified atom stereocenters. The van der Waals surface area contributed by atoms with E-state index in [1.807, 2.05) is 24.3 Å². The van der Waals surface area contributed by atoms with Gasteiger partial charge in [-0.15, -0.1) is 0 Å². The van der Waals surface area contributed by atoms with E-state index in [2.05, 4.69) is 46.3 Å². The normalized spacial score (nSPS) is 11.3. The number of nitrogens with zero attached hydrogens (tertiary/aromatic N) is 3. The van der Waals surface area contributed by atoms with E-state index in [1.54, 1.807) is 24.3 Å². The predicted octanol–water partition coefficient (Wildman–Crippen LogP) is 4.34. The average molecular weight is 431 g/mol. The molecule has 6 nitrogen and oxygen atoms in total. The van der Waals surface area contributed by atoms with Gasteiger partial charge in [-0.2, -0.15) is 5.10 Å². The number of aryl methyl sites for hydroxylation is 1. The van der Waals surface area contributed by atoms with Crippen LogP contribution in [0.25, 0.3) is 11.0 Å². The van der Waals surface area contributed by atoms with Crippen molar-refractivity contribution < 1.29 is 9.90 Å². The van der Waals surface area contributed by atoms with Crippen LogP contribution in [0.2, 0.25) is 0 Å². The number of aromatic nitrogens is 2. The van der Waals surface area contributed by atoms with Gasteiger partial charge in [0.15, 0.2) is 5.16 Å². The second-order valence-corrected chi connectivity index (χ2v) is 8.07. The Hall–Kier alpha value is -3.58. The molecular formula is C24H22N4O2S. The van der Waals surface area contributed by atoms with Crippen molar-refractivity contribution >= 4 is 34.9 Å². The standard InChI is InChI=1S/C24H22N4O2S/c1-17-9-11-18(12-10-17)15-28-22-8-3-2-7-21(22)26-24(28)31-16-23(30)27-25-14-19-5-4-6-20(29)13-19/h2-14,29H,15-16H2,1H3,(H,27,30). The number of nitrogens with one attached hydrogen (secondary N) is 1. The number of aromatic hydroxyl groups is 1. The molecule has 156 valence electrons. The zero-order valence-electron chi connectivity index (χ0n) is 17.0. The van der Waals surface area contributed by atoms with Crippen molar-refractivity contribution in [1.82, 2.24) is 15.0 Å². The molecule has 4 aromatic rings. The molecule has 1 heterocycles. The van der Waals surface area contributed by atoms with E-state index < -0.39 is 0 Å². The van der Waals surface area contributed by atoms with Gasteiger partial charge in [-0.05, 0) is 42.3 Å². The van der Waals surface area contributed by atoms with Gasteiger partial charge in [-0.3, -0.25) is 4.79 Å². The van der Waals surface area contributed by atoms with Crippen molar-refractivity contribution in [2.24, 2.45) is 5.10 Å². The Balaban J connectivity index is 1.45. The van der Waals surface area contributed by atoms with Gasteiger partial charge < -0.3 is 9.67 Å². The number of rotatable bonds is 7. The molecule has 7 heteroatoms. The first kappa shape index (κ1) is 20.7. The number of hydrogen-bond acceptors (Lipinski definition) is 5. The molecule has 31 heavy (non-hydrogen) atoms. The molecule has 0 radical (unpaired) electrons. The highest BCUT2D eigenvalue weighted by molar-refractivity contribution is 7.99. The minimum atomic E-state index is -0.227. The van der Waals surface area contributed by atoms with Gasteiger partial charge >= 0.3 is 0 Å². The Morgan fingerprint density at radius 3 is 2.74 bits per heavy atom. The Labute approximate surface area is 184 Å². The topological polar surface area (TPSA) is 79.5 Å². The Kier molecular flexibility index (Phi) is 6.33. The fourth-order valence-corrected chi connectivity index (χ4v) is 3.95. The molecule has 0 fully saturated rings. The van der Waals surface area contributed by atoms with Crippen LogP contribution in [-0.4, -0.2) is 32.5 Å². The van der Waals surface area contributed by atoms with Crippen molar-refractivity contribution in [3.63, 3.8) is 0 Å². The fourth-order valence-electron chi connectivity index (χ4n) is 3.14. The summed E-state index contributed by atoms with van der Waals surface area (Å²) in [6.45, 7) is 2.75. The van der Waals surface area contributed by atoms with E-state index in [9.17, 15) is 9.90 Å². The molecule has 0 aliphatic rings. The fraction of sp³-hybridized carbons (Fsp3) is 0.125. The van der Waals surface area contributed by atoms with Gasteiger partial charge in [0.1, 0.15) is 5.75 Å². The highest BCUT2D eigenvalue weighted by atomic mass is 32.2. The van der Waals surface area contributed by atoms with Gasteiger partial charge in [0, 0.05) is 0 Å². The van der Waals surface area contributed by atoms with Gasteiger partial charge in [0.05, 0.1) is 29.5 Å². The van der Waals surface area contributed by atoms with Gasteiger partial charge in [0.25, 0.3) is 5.91 Å². The van der Waals surface area contributed by atoms with E-state index in [0.717, 1.165) is 16.2 Å². The largest absolute Gasteiger partial charge is 0.508 e. The number of thioether (sulfide) groups is 1. The van der Waals surface area contributed by atoms with Crippen molar-refractivity contribution in [3.8, 4) is 5.75 Å². The molecule has 0 atom stereocenters. The summed E-state index contributed by atoms with van der Waals surface area (Å²) in [4.78, 5) is 17.0. The summed E-state index contributed by atoms with van der Waals surface area (Å²) in [5.74, 6) is 0.114. The van der Waals surface area contributed by atoms with E-state index in [1.165, 1.54) is 29.1 Å². The Morgan fingerprint density at radius 1 is 1.13 bits per heavy atom. The molecule has 0 aliphatic heterocycles. The number of para-hydroxylation sites is 2. The molecule has 0 saturated heterocycles. The van der Waals surface area contributed by atoms with E-state index in [4.69, 9.17) is 4.98 Å². The minimum Gasteiger partial charge on any atom is -0.508 e. The lowest BCUT2D eigenvalue weighted by Crippen LogP contribution is -2.20. The Bertz CT molecular complexity index is 1230. The maximum Gasteiger partial charge on any atom is 0.250 e. The first-order chi connectivity index (χ1) is 15.1. The highest BCUT2D eigenvalue weighted by Gasteiger charge is 2.13. The first-order valence-corrected chi connectivity index (χ1v) is 10.8. The zero-order valence-corrected chi connectivity index (χ0v) is 17.8. The Morgan fingerprint density at radius 2 is 1.94 bits per heavy atom. The average Bonchev–Trinajstić information content (AvgIpc) is 3.11. The minimum absolute atomic E-state index is 0.151. The lowest BCUT2D eigenvalue weighted by atomic mass is 10.1. The van der Waals surface area contributed by atoms with Gasteiger partial charge in [0.2, 0.25) is 0 Å². The summed E-state index contributed by atoms with van der Waals surface area (Å²) < 4.78 is 2.13. The number of phenols is 1. The van der Waals surface area contributed by atoms with Crippen LogP contribution in [0.1, 0.15) is 16.7 Å². The van der Waals surface area contributed by atoms with Crippen molar-refractivity contribution in [1.29, 1.82) is 0 Å². The third kappa shape index (κ3) is 5.32. The molecule has 0 bridgehead atoms. The highest BCUT2D eigenvalue weighted by Crippen LogP contribution is 2.25. The monoisotopic (exact) mass is 430 g/mol. The number of amides is 1. The molecular weight excluding hydrogens is 408 g/mol. The van der Waals surface area contributed by atoms with Crippen LogP contribution in [0.5, 0.6) is 5.75 Å². The van der Waals surface area contributed by atoms with E-state index in [0.29, 0.717) is 12.1 Å². The summed E-state index contributed by atoms with van der Waals surface area (Å²) >= 11 is 1.38. The summed E-state index contributed by atoms with van der Waals surface area (Å²) in [6.07, 6.45) is 1.49. The smallest absolute Gasteiger partial charge is 0.250 e. The third-order valence-electron chi connectivity index (χ3n) is 4.69. The maximum absolute atomic E-state index is 12.3. The number of imidazole rings is 1. The lowest BCUT2D eigenvalue weighted by Gasteiger charge is -2.09. The molecule has 3 aromatic carbocycles. The van der Waals surface area contributed by atoms with E-state index in [-0.39, 0.29) is 17.4 Å². The summed E-state index contributed by atoms with van der Waals surface area (Å²) in [5.41, 5.74) is 7.56. The zero-order chi connectivity index (χ0) is 21.6. The summed E-state index contributed by atoms with van der Waals surface area (Å²) in [7, 11) is 0. The van der Waals surface area contributed by atoms with Crippen LogP contribution in [-0.2, 0) is 11.3 Å². The molecule has 0 spiro atoms. The number of carbonyl (C=O) groups excluding carboxylic acids is 1. The van der Waals surface area contributed by atoms with Crippen LogP contribution in [0.4, 0.5) is 0 Å². The van der Waals surface area contributed by atoms with Crippen molar-refractivity contribution in [3.05, 3.63) is 89.5 Å². The van der Waals surface area contributed by atoms with Crippen molar-refractivity contribution in [2.75, 3.05) is 5.75 Å². The van der Waals surface area contributed by atoms with E-state index >= 15 is 0 Å². The molecule has 0 aliphatic carbocycles. The van der Waals surface area contributed by atoms with Crippen LogP contribution in [0.15, 0.2) is 83.1 Å². The number of hydrazone groups is 1. The maximum atomic E-state index is 12.3. The number of phenolic OH excluding ortho intramolecular Hbond substituents is 1. The lowest BCUT2D eigenvalue weighted by molar-refractivity contribution is -0.118. The second-order valence-electron chi connectivity index (χ2n) is 7.13. The number of benzene rings is 3. The molecule has 0 saturated carbocycles. The number of hydrogen-bond donors (Lipinski definition) is 2. The first-order valence-electron chi connectivity index (χ1n) is 9.83. The van der Waals surface area contributed by atoms with Crippen LogP contribution in [0, 0.1) is 6.92 Å². The van der Waals surface area contributed by atoms with Crippen LogP contribution >= 0.6 is 11.8 Å². The van der Waals surface area contributed by atoms with Gasteiger partial charge in [-0.25, -0.2) is 10.4 Å². The van der Waals surface area contributed by atoms with Crippen molar-refractivity contribution in [2.45, 2.75) is 18.6 Å². The van der Waals surface area contributed by atoms with Crippen LogP contribution in [0.3, 0.4) is 0 Å². The van der Waals surface area contributed by atoms with Gasteiger partial charge in [-0.1, -0.05) is 65.9 Å².